The third-order valence-corrected chi connectivity index (χ3v) is 6.28. The van der Waals surface area contributed by atoms with Crippen molar-refractivity contribution in [3.05, 3.63) is 59.7 Å². The van der Waals surface area contributed by atoms with Crippen molar-refractivity contribution >= 4 is 18.2 Å². The lowest BCUT2D eigenvalue weighted by atomic mass is 10.1. The molecule has 2 aliphatic rings. The van der Waals surface area contributed by atoms with Crippen molar-refractivity contribution in [2.75, 3.05) is 32.7 Å². The van der Waals surface area contributed by atoms with Crippen LogP contribution < -0.4 is 5.73 Å². The molecule has 0 saturated carbocycles. The molecule has 34 heavy (non-hydrogen) atoms. The van der Waals surface area contributed by atoms with E-state index in [9.17, 15) is 9.59 Å². The van der Waals surface area contributed by atoms with Gasteiger partial charge in [-0.25, -0.2) is 19.8 Å². The first-order chi connectivity index (χ1) is 16.7. The van der Waals surface area contributed by atoms with Gasteiger partial charge in [-0.2, -0.15) is 5.10 Å². The van der Waals surface area contributed by atoms with Gasteiger partial charge in [-0.15, -0.1) is 0 Å². The number of hydrazone groups is 1. The van der Waals surface area contributed by atoms with Crippen LogP contribution in [0.25, 0.3) is 0 Å². The summed E-state index contributed by atoms with van der Waals surface area (Å²) in [6, 6.07) is 11.4. The summed E-state index contributed by atoms with van der Waals surface area (Å²) >= 11 is 0. The number of carbonyl (C=O) groups excluding carboxylic acids is 2. The van der Waals surface area contributed by atoms with Crippen LogP contribution >= 0.6 is 0 Å². The van der Waals surface area contributed by atoms with E-state index >= 15 is 0 Å². The Hall–Kier alpha value is -3.33. The zero-order valence-corrected chi connectivity index (χ0v) is 19.6. The molecule has 2 aromatic rings. The van der Waals surface area contributed by atoms with Crippen molar-refractivity contribution in [1.29, 1.82) is 0 Å². The van der Waals surface area contributed by atoms with Crippen LogP contribution in [0.15, 0.2) is 47.7 Å². The summed E-state index contributed by atoms with van der Waals surface area (Å²) in [5.41, 5.74) is 7.30. The second kappa shape index (κ2) is 11.7. The molecule has 0 bridgehead atoms. The Bertz CT molecular complexity index is 992. The van der Waals surface area contributed by atoms with Gasteiger partial charge in [-0.1, -0.05) is 30.3 Å². The number of carbonyl (C=O) groups is 2. The van der Waals surface area contributed by atoms with Crippen molar-refractivity contribution < 1.29 is 9.59 Å². The van der Waals surface area contributed by atoms with E-state index in [2.05, 4.69) is 15.1 Å². The molecule has 9 heteroatoms. The molecule has 1 fully saturated rings. The minimum atomic E-state index is -0.150. The van der Waals surface area contributed by atoms with Gasteiger partial charge in [0.25, 0.3) is 5.91 Å². The number of nitrogens with two attached hydrogens (primary N) is 1. The van der Waals surface area contributed by atoms with Crippen LogP contribution in [0.1, 0.15) is 60.0 Å². The van der Waals surface area contributed by atoms with Gasteiger partial charge in [0.2, 0.25) is 0 Å². The Balaban J connectivity index is 1.35. The fourth-order valence-corrected chi connectivity index (χ4v) is 4.48. The van der Waals surface area contributed by atoms with E-state index in [1.807, 2.05) is 35.2 Å². The Morgan fingerprint density at radius 2 is 1.85 bits per heavy atom. The van der Waals surface area contributed by atoms with Crippen LogP contribution in [-0.4, -0.2) is 75.7 Å². The van der Waals surface area contributed by atoms with Crippen LogP contribution in [0, 0.1) is 0 Å². The first-order valence-electron chi connectivity index (χ1n) is 12.1. The lowest BCUT2D eigenvalue weighted by molar-refractivity contribution is 0.0717. The summed E-state index contributed by atoms with van der Waals surface area (Å²) in [5, 5.41) is 5.90. The van der Waals surface area contributed by atoms with Gasteiger partial charge in [-0.3, -0.25) is 4.79 Å². The molecule has 9 nitrogen and oxygen atoms in total. The molecular formula is C25H33N7O2. The van der Waals surface area contributed by atoms with Crippen LogP contribution in [0.5, 0.6) is 0 Å². The maximum Gasteiger partial charge on any atom is 0.341 e. The van der Waals surface area contributed by atoms with E-state index < -0.39 is 0 Å². The molecule has 3 amide bonds. The molecule has 1 aromatic heterocycles. The number of urea groups is 1. The van der Waals surface area contributed by atoms with Crippen molar-refractivity contribution in [1.82, 2.24) is 24.8 Å². The monoisotopic (exact) mass is 463 g/mol. The standard InChI is InChI=1S/C25H33N7O2/c26-13-19-31(25(34)32-22(12-15-28-32)20-8-3-1-4-9-20)18-7-10-23-27-14-11-21(29-23)24(33)30-16-5-2-6-17-30/h1,3-4,8-9,11,14-15,22H,2,5-7,10,12-13,16-19,26H2. The average molecular weight is 464 g/mol. The quantitative estimate of drug-likeness (QED) is 0.648. The predicted octanol–water partition coefficient (Wildman–Crippen LogP) is 2.85. The maximum atomic E-state index is 13.3. The molecule has 2 aliphatic heterocycles. The minimum absolute atomic E-state index is 0.0258. The summed E-state index contributed by atoms with van der Waals surface area (Å²) in [7, 11) is 0. The van der Waals surface area contributed by atoms with E-state index in [-0.39, 0.29) is 18.0 Å². The predicted molar refractivity (Wildman–Crippen MR) is 130 cm³/mol. The smallest absolute Gasteiger partial charge is 0.337 e. The molecule has 0 spiro atoms. The Morgan fingerprint density at radius 3 is 2.62 bits per heavy atom. The van der Waals surface area contributed by atoms with Gasteiger partial charge in [0.15, 0.2) is 0 Å². The Morgan fingerprint density at radius 1 is 1.06 bits per heavy atom. The number of rotatable bonds is 8. The zero-order valence-electron chi connectivity index (χ0n) is 19.6. The van der Waals surface area contributed by atoms with Crippen molar-refractivity contribution in [2.24, 2.45) is 10.8 Å². The Kier molecular flexibility index (Phi) is 8.19. The van der Waals surface area contributed by atoms with E-state index in [0.29, 0.717) is 50.4 Å². The third kappa shape index (κ3) is 5.77. The summed E-state index contributed by atoms with van der Waals surface area (Å²) in [4.78, 5) is 38.5. The summed E-state index contributed by atoms with van der Waals surface area (Å²) < 4.78 is 0. The molecule has 1 unspecified atom stereocenters. The third-order valence-electron chi connectivity index (χ3n) is 6.28. The van der Waals surface area contributed by atoms with Crippen molar-refractivity contribution in [2.45, 2.75) is 44.6 Å². The summed E-state index contributed by atoms with van der Waals surface area (Å²) in [6.07, 6.45) is 8.62. The minimum Gasteiger partial charge on any atom is -0.337 e. The first-order valence-corrected chi connectivity index (χ1v) is 12.1. The highest BCUT2D eigenvalue weighted by Gasteiger charge is 2.31. The van der Waals surface area contributed by atoms with Gasteiger partial charge in [-0.05, 0) is 37.3 Å². The molecule has 0 radical (unpaired) electrons. The van der Waals surface area contributed by atoms with Crippen molar-refractivity contribution in [3.63, 3.8) is 0 Å². The van der Waals surface area contributed by atoms with Crippen LogP contribution in [0.2, 0.25) is 0 Å². The fraction of sp³-hybridized carbons (Fsp3) is 0.480. The molecule has 1 atom stereocenters. The number of benzene rings is 1. The summed E-state index contributed by atoms with van der Waals surface area (Å²) in [6.45, 7) is 2.90. The van der Waals surface area contributed by atoms with E-state index in [1.54, 1.807) is 28.4 Å². The van der Waals surface area contributed by atoms with Crippen LogP contribution in [-0.2, 0) is 6.42 Å². The van der Waals surface area contributed by atoms with Crippen molar-refractivity contribution in [3.8, 4) is 0 Å². The number of aromatic nitrogens is 2. The molecule has 3 heterocycles. The molecule has 2 N–H and O–H groups in total. The number of aryl methyl sites for hydroxylation is 1. The van der Waals surface area contributed by atoms with Crippen LogP contribution in [0.4, 0.5) is 4.79 Å². The SMILES string of the molecule is NCCN(CCCc1nccc(C(=O)N2CCCCC2)n1)C(=O)N1N=CCC1c1ccccc1. The van der Waals surface area contributed by atoms with Gasteiger partial charge >= 0.3 is 6.03 Å². The normalized spacial score (nSPS) is 17.7. The van der Waals surface area contributed by atoms with E-state index in [4.69, 9.17) is 5.73 Å². The molecule has 4 rings (SSSR count). The number of hydrogen-bond donors (Lipinski definition) is 1. The largest absolute Gasteiger partial charge is 0.341 e. The fourth-order valence-electron chi connectivity index (χ4n) is 4.48. The first kappa shape index (κ1) is 23.8. The van der Waals surface area contributed by atoms with Crippen LogP contribution in [0.3, 0.4) is 0 Å². The molecule has 1 aromatic carbocycles. The van der Waals surface area contributed by atoms with Gasteiger partial charge < -0.3 is 15.5 Å². The van der Waals surface area contributed by atoms with Gasteiger partial charge in [0.05, 0.1) is 6.04 Å². The number of hydrogen-bond acceptors (Lipinski definition) is 6. The average Bonchev–Trinajstić information content (AvgIpc) is 3.39. The zero-order chi connectivity index (χ0) is 23.8. The molecule has 180 valence electrons. The highest BCUT2D eigenvalue weighted by atomic mass is 16.2. The second-order valence-electron chi connectivity index (χ2n) is 8.68. The highest BCUT2D eigenvalue weighted by molar-refractivity contribution is 5.92. The number of nitrogens with zero attached hydrogens (tertiary/aromatic N) is 6. The topological polar surface area (TPSA) is 108 Å². The molecule has 1 saturated heterocycles. The van der Waals surface area contributed by atoms with E-state index in [0.717, 1.165) is 31.5 Å². The number of amides is 3. The lowest BCUT2D eigenvalue weighted by Crippen LogP contribution is -2.43. The summed E-state index contributed by atoms with van der Waals surface area (Å²) in [5.74, 6) is 0.589. The second-order valence-corrected chi connectivity index (χ2v) is 8.68. The van der Waals surface area contributed by atoms with Gasteiger partial charge in [0.1, 0.15) is 11.5 Å². The maximum absolute atomic E-state index is 13.3. The molecular weight excluding hydrogens is 430 g/mol. The number of likely N-dealkylation sites (tertiary alicyclic amines) is 1. The van der Waals surface area contributed by atoms with E-state index in [1.165, 1.54) is 6.42 Å². The molecule has 0 aliphatic carbocycles. The Labute approximate surface area is 200 Å². The lowest BCUT2D eigenvalue weighted by Gasteiger charge is -2.29. The highest BCUT2D eigenvalue weighted by Crippen LogP contribution is 2.29. The van der Waals surface area contributed by atoms with Gasteiger partial charge in [0, 0.05) is 58.0 Å². The number of piperidine rings is 1.